The molecule has 1 heterocycles. The van der Waals surface area contributed by atoms with Crippen LogP contribution in [-0.2, 0) is 26.2 Å². The van der Waals surface area contributed by atoms with E-state index in [2.05, 4.69) is 5.32 Å². The van der Waals surface area contributed by atoms with E-state index in [0.717, 1.165) is 4.90 Å². The van der Waals surface area contributed by atoms with Gasteiger partial charge >= 0.3 is 0 Å². The number of benzene rings is 2. The molecule has 1 unspecified atom stereocenters. The van der Waals surface area contributed by atoms with Crippen LogP contribution in [0.5, 0.6) is 0 Å². The summed E-state index contributed by atoms with van der Waals surface area (Å²) in [6.45, 7) is 2.67. The number of hydrogen-bond donors (Lipinski definition) is 1. The second-order valence-corrected chi connectivity index (χ2v) is 9.22. The van der Waals surface area contributed by atoms with E-state index in [1.165, 1.54) is 49.4 Å². The van der Waals surface area contributed by atoms with Gasteiger partial charge in [-0.1, -0.05) is 37.3 Å². The fourth-order valence-corrected chi connectivity index (χ4v) is 4.91. The molecule has 3 amide bonds. The number of hydrogen-bond acceptors (Lipinski definition) is 5. The molecule has 1 atom stereocenters. The van der Waals surface area contributed by atoms with Gasteiger partial charge in [-0.25, -0.2) is 17.1 Å². The summed E-state index contributed by atoms with van der Waals surface area (Å²) in [6, 6.07) is 10.5. The third-order valence-corrected chi connectivity index (χ3v) is 6.99. The Morgan fingerprint density at radius 2 is 1.78 bits per heavy atom. The summed E-state index contributed by atoms with van der Waals surface area (Å²) in [7, 11) is -4.20. The third-order valence-electron chi connectivity index (χ3n) is 5.21. The summed E-state index contributed by atoms with van der Waals surface area (Å²) < 4.78 is 40.4. The molecule has 10 heteroatoms. The Kier molecular flexibility index (Phi) is 6.93. The molecule has 1 N–H and O–H groups in total. The standard InChI is InChI=1S/C22H24FN3O5S/c1-3-12-24-21(28)15(2)25(13-16-8-4-6-10-18(16)23)20(27)14-26-22(29)17-9-5-7-11-19(17)32(26,30)31/h4-11,15H,3,12-14H2,1-2H3,(H,24,28). The summed E-state index contributed by atoms with van der Waals surface area (Å²) in [5.41, 5.74) is 0.143. The topological polar surface area (TPSA) is 104 Å². The molecule has 1 aliphatic rings. The molecule has 0 radical (unpaired) electrons. The number of carbonyl (C=O) groups is 3. The van der Waals surface area contributed by atoms with Crippen molar-refractivity contribution in [3.63, 3.8) is 0 Å². The molecule has 0 spiro atoms. The summed E-state index contributed by atoms with van der Waals surface area (Å²) in [4.78, 5) is 39.3. The minimum absolute atomic E-state index is 0.0188. The average Bonchev–Trinajstić information content (AvgIpc) is 2.97. The van der Waals surface area contributed by atoms with Crippen molar-refractivity contribution in [2.45, 2.75) is 37.8 Å². The van der Waals surface area contributed by atoms with Gasteiger partial charge in [0.15, 0.2) is 0 Å². The van der Waals surface area contributed by atoms with Gasteiger partial charge in [0.05, 0.1) is 5.56 Å². The number of fused-ring (bicyclic) bond motifs is 1. The second-order valence-electron chi connectivity index (χ2n) is 7.39. The minimum atomic E-state index is -4.20. The van der Waals surface area contributed by atoms with Crippen molar-refractivity contribution in [3.8, 4) is 0 Å². The Hall–Kier alpha value is -3.27. The molecule has 8 nitrogen and oxygen atoms in total. The lowest BCUT2D eigenvalue weighted by Gasteiger charge is -2.30. The molecule has 2 aromatic rings. The van der Waals surface area contributed by atoms with Crippen molar-refractivity contribution in [2.75, 3.05) is 13.1 Å². The van der Waals surface area contributed by atoms with Crippen molar-refractivity contribution in [2.24, 2.45) is 0 Å². The number of nitrogens with one attached hydrogen (secondary N) is 1. The van der Waals surface area contributed by atoms with Gasteiger partial charge in [0, 0.05) is 18.7 Å². The number of rotatable bonds is 8. The normalized spacial score (nSPS) is 15.2. The van der Waals surface area contributed by atoms with Gasteiger partial charge < -0.3 is 10.2 Å². The van der Waals surface area contributed by atoms with Crippen LogP contribution >= 0.6 is 0 Å². The van der Waals surface area contributed by atoms with Gasteiger partial charge in [0.25, 0.3) is 15.9 Å². The third kappa shape index (κ3) is 4.50. The van der Waals surface area contributed by atoms with Crippen LogP contribution in [0.4, 0.5) is 4.39 Å². The first-order valence-corrected chi connectivity index (χ1v) is 11.6. The monoisotopic (exact) mass is 461 g/mol. The lowest BCUT2D eigenvalue weighted by atomic mass is 10.1. The molecule has 32 heavy (non-hydrogen) atoms. The summed E-state index contributed by atoms with van der Waals surface area (Å²) >= 11 is 0. The Morgan fingerprint density at radius 3 is 2.44 bits per heavy atom. The average molecular weight is 462 g/mol. The smallest absolute Gasteiger partial charge is 0.269 e. The molecular formula is C22H24FN3O5S. The highest BCUT2D eigenvalue weighted by atomic mass is 32.2. The van der Waals surface area contributed by atoms with E-state index in [9.17, 15) is 27.2 Å². The Bertz CT molecular complexity index is 1150. The van der Waals surface area contributed by atoms with Crippen molar-refractivity contribution < 1.29 is 27.2 Å². The van der Waals surface area contributed by atoms with Crippen LogP contribution in [0.15, 0.2) is 53.4 Å². The molecule has 0 aliphatic carbocycles. The van der Waals surface area contributed by atoms with Crippen molar-refractivity contribution in [1.29, 1.82) is 0 Å². The number of sulfonamides is 1. The summed E-state index contributed by atoms with van der Waals surface area (Å²) in [6.07, 6.45) is 0.679. The van der Waals surface area contributed by atoms with E-state index in [-0.39, 0.29) is 22.6 Å². The van der Waals surface area contributed by atoms with Crippen molar-refractivity contribution >= 4 is 27.7 Å². The number of nitrogens with zero attached hydrogens (tertiary/aromatic N) is 2. The largest absolute Gasteiger partial charge is 0.354 e. The predicted molar refractivity (Wildman–Crippen MR) is 114 cm³/mol. The summed E-state index contributed by atoms with van der Waals surface area (Å²) in [5.74, 6) is -2.64. The molecule has 1 aliphatic heterocycles. The molecule has 0 fully saturated rings. The predicted octanol–water partition coefficient (Wildman–Crippen LogP) is 1.91. The number of amides is 3. The number of halogens is 1. The fourth-order valence-electron chi connectivity index (χ4n) is 3.39. The van der Waals surface area contributed by atoms with Crippen LogP contribution < -0.4 is 5.32 Å². The highest BCUT2D eigenvalue weighted by Crippen LogP contribution is 2.30. The first-order chi connectivity index (χ1) is 15.2. The van der Waals surface area contributed by atoms with Gasteiger partial charge in [0.1, 0.15) is 23.3 Å². The molecule has 0 saturated heterocycles. The minimum Gasteiger partial charge on any atom is -0.354 e. The lowest BCUT2D eigenvalue weighted by Crippen LogP contribution is -2.51. The van der Waals surface area contributed by atoms with E-state index in [1.54, 1.807) is 6.07 Å². The fraction of sp³-hybridized carbons (Fsp3) is 0.318. The summed E-state index contributed by atoms with van der Waals surface area (Å²) in [5, 5.41) is 2.68. The molecular weight excluding hydrogens is 437 g/mol. The first-order valence-electron chi connectivity index (χ1n) is 10.1. The van der Waals surface area contributed by atoms with Crippen LogP contribution in [0.3, 0.4) is 0 Å². The van der Waals surface area contributed by atoms with Crippen molar-refractivity contribution in [3.05, 3.63) is 65.5 Å². The van der Waals surface area contributed by atoms with E-state index < -0.39 is 46.1 Å². The highest BCUT2D eigenvalue weighted by molar-refractivity contribution is 7.90. The zero-order valence-electron chi connectivity index (χ0n) is 17.7. The van der Waals surface area contributed by atoms with Crippen LogP contribution in [0.25, 0.3) is 0 Å². The lowest BCUT2D eigenvalue weighted by molar-refractivity contribution is -0.140. The van der Waals surface area contributed by atoms with E-state index in [0.29, 0.717) is 17.3 Å². The molecule has 0 bridgehead atoms. The Morgan fingerprint density at radius 1 is 1.12 bits per heavy atom. The van der Waals surface area contributed by atoms with Crippen LogP contribution in [0.2, 0.25) is 0 Å². The highest BCUT2D eigenvalue weighted by Gasteiger charge is 2.43. The van der Waals surface area contributed by atoms with Crippen LogP contribution in [-0.4, -0.2) is 54.5 Å². The van der Waals surface area contributed by atoms with Gasteiger partial charge in [-0.3, -0.25) is 14.4 Å². The van der Waals surface area contributed by atoms with Crippen LogP contribution in [0, 0.1) is 5.82 Å². The quantitative estimate of drug-likeness (QED) is 0.647. The Balaban J connectivity index is 1.89. The SMILES string of the molecule is CCCNC(=O)C(C)N(Cc1ccccc1F)C(=O)CN1C(=O)c2ccccc2S1(=O)=O. The molecule has 170 valence electrons. The van der Waals surface area contributed by atoms with Gasteiger partial charge in [-0.05, 0) is 31.5 Å². The van der Waals surface area contributed by atoms with E-state index >= 15 is 0 Å². The zero-order valence-corrected chi connectivity index (χ0v) is 18.6. The maximum atomic E-state index is 14.3. The maximum Gasteiger partial charge on any atom is 0.269 e. The van der Waals surface area contributed by atoms with Crippen LogP contribution in [0.1, 0.15) is 36.2 Å². The van der Waals surface area contributed by atoms with Crippen molar-refractivity contribution in [1.82, 2.24) is 14.5 Å². The second kappa shape index (κ2) is 9.47. The Labute approximate surface area is 186 Å². The number of carbonyl (C=O) groups excluding carboxylic acids is 3. The van der Waals surface area contributed by atoms with E-state index in [4.69, 9.17) is 0 Å². The van der Waals surface area contributed by atoms with Gasteiger partial charge in [-0.15, -0.1) is 0 Å². The molecule has 0 saturated carbocycles. The molecule has 0 aromatic heterocycles. The molecule has 3 rings (SSSR count). The first kappa shape index (κ1) is 23.4. The maximum absolute atomic E-state index is 14.3. The van der Waals surface area contributed by atoms with Gasteiger partial charge in [-0.2, -0.15) is 0 Å². The molecule has 2 aromatic carbocycles. The van der Waals surface area contributed by atoms with Gasteiger partial charge in [0.2, 0.25) is 11.8 Å². The zero-order chi connectivity index (χ0) is 23.5. The van der Waals surface area contributed by atoms with E-state index in [1.807, 2.05) is 6.92 Å².